The fraction of sp³-hybridized carbons (Fsp3) is 0.462. The van der Waals surface area contributed by atoms with Crippen molar-refractivity contribution < 1.29 is 9.53 Å². The fourth-order valence-electron chi connectivity index (χ4n) is 1.43. The second kappa shape index (κ2) is 7.30. The van der Waals surface area contributed by atoms with Crippen molar-refractivity contribution in [1.82, 2.24) is 5.32 Å². The van der Waals surface area contributed by atoms with Crippen LogP contribution < -0.4 is 5.32 Å². The second-order valence-electron chi connectivity index (χ2n) is 3.89. The summed E-state index contributed by atoms with van der Waals surface area (Å²) in [4.78, 5) is 11.5. The number of carbonyl (C=O) groups is 1. The molecule has 17 heavy (non-hydrogen) atoms. The Morgan fingerprint density at radius 1 is 1.41 bits per heavy atom. The zero-order chi connectivity index (χ0) is 12.7. The molecule has 0 heterocycles. The Bertz CT molecular complexity index is 351. The van der Waals surface area contributed by atoms with Crippen molar-refractivity contribution in [2.24, 2.45) is 0 Å². The average molecular weight is 256 g/mol. The lowest BCUT2D eigenvalue weighted by Gasteiger charge is -2.14. The number of benzene rings is 1. The molecule has 0 aromatic heterocycles. The largest absolute Gasteiger partial charge is 0.372 e. The van der Waals surface area contributed by atoms with Gasteiger partial charge in [-0.25, -0.2) is 0 Å². The van der Waals surface area contributed by atoms with Crippen molar-refractivity contribution in [3.63, 3.8) is 0 Å². The van der Waals surface area contributed by atoms with E-state index in [9.17, 15) is 4.79 Å². The summed E-state index contributed by atoms with van der Waals surface area (Å²) in [5, 5.41) is 3.56. The van der Waals surface area contributed by atoms with Crippen LogP contribution in [0.1, 0.15) is 31.9 Å². The molecule has 0 radical (unpaired) electrons. The normalized spacial score (nSPS) is 12.2. The summed E-state index contributed by atoms with van der Waals surface area (Å²) < 4.78 is 5.17. The highest BCUT2D eigenvalue weighted by Gasteiger charge is 2.09. The molecule has 94 valence electrons. The van der Waals surface area contributed by atoms with Crippen LogP contribution in [0.4, 0.5) is 0 Å². The summed E-state index contributed by atoms with van der Waals surface area (Å²) in [5.41, 5.74) is 1.03. The highest BCUT2D eigenvalue weighted by molar-refractivity contribution is 6.30. The summed E-state index contributed by atoms with van der Waals surface area (Å²) in [6.07, 6.45) is 0.917. The van der Waals surface area contributed by atoms with Crippen molar-refractivity contribution in [2.45, 2.75) is 26.3 Å². The molecular formula is C13H18ClNO2. The third-order valence-corrected chi connectivity index (χ3v) is 2.58. The van der Waals surface area contributed by atoms with Crippen molar-refractivity contribution in [2.75, 3.05) is 13.2 Å². The summed E-state index contributed by atoms with van der Waals surface area (Å²) >= 11 is 5.80. The van der Waals surface area contributed by atoms with Crippen LogP contribution in [0.15, 0.2) is 24.3 Å². The maximum Gasteiger partial charge on any atom is 0.246 e. The van der Waals surface area contributed by atoms with Gasteiger partial charge in [-0.1, -0.05) is 30.7 Å². The van der Waals surface area contributed by atoms with Crippen LogP contribution in [0.3, 0.4) is 0 Å². The zero-order valence-electron chi connectivity index (χ0n) is 10.2. The molecule has 0 bridgehead atoms. The van der Waals surface area contributed by atoms with E-state index in [-0.39, 0.29) is 18.6 Å². The van der Waals surface area contributed by atoms with Gasteiger partial charge in [0.2, 0.25) is 5.91 Å². The Balaban J connectivity index is 2.40. The molecule has 0 unspecified atom stereocenters. The predicted molar refractivity (Wildman–Crippen MR) is 69.1 cm³/mol. The number of hydrogen-bond acceptors (Lipinski definition) is 2. The Morgan fingerprint density at radius 3 is 2.65 bits per heavy atom. The van der Waals surface area contributed by atoms with Crippen molar-refractivity contribution in [1.29, 1.82) is 0 Å². The van der Waals surface area contributed by atoms with Crippen LogP contribution >= 0.6 is 11.6 Å². The SMILES string of the molecule is CCCOCC(=O)N[C@H](C)c1ccc(Cl)cc1. The number of rotatable bonds is 6. The Morgan fingerprint density at radius 2 is 2.06 bits per heavy atom. The zero-order valence-corrected chi connectivity index (χ0v) is 11.0. The van der Waals surface area contributed by atoms with E-state index in [0.29, 0.717) is 11.6 Å². The summed E-state index contributed by atoms with van der Waals surface area (Å²) in [5.74, 6) is -0.0964. The Kier molecular flexibility index (Phi) is 6.01. The van der Waals surface area contributed by atoms with E-state index in [2.05, 4.69) is 5.32 Å². The third-order valence-electron chi connectivity index (χ3n) is 2.33. The topological polar surface area (TPSA) is 38.3 Å². The average Bonchev–Trinajstić information content (AvgIpc) is 2.30. The molecule has 0 aliphatic rings. The molecule has 3 nitrogen and oxygen atoms in total. The molecule has 0 spiro atoms. The molecule has 0 saturated heterocycles. The molecule has 1 N–H and O–H groups in total. The molecule has 0 fully saturated rings. The lowest BCUT2D eigenvalue weighted by atomic mass is 10.1. The molecule has 0 aliphatic carbocycles. The Hall–Kier alpha value is -1.06. The highest BCUT2D eigenvalue weighted by atomic mass is 35.5. The first-order valence-corrected chi connectivity index (χ1v) is 6.14. The van der Waals surface area contributed by atoms with Crippen molar-refractivity contribution in [3.8, 4) is 0 Å². The fourth-order valence-corrected chi connectivity index (χ4v) is 1.55. The number of hydrogen-bond donors (Lipinski definition) is 1. The van der Waals surface area contributed by atoms with E-state index in [1.54, 1.807) is 0 Å². The number of carbonyl (C=O) groups excluding carboxylic acids is 1. The minimum absolute atomic E-state index is 0.0370. The van der Waals surface area contributed by atoms with Gasteiger partial charge in [0.1, 0.15) is 6.61 Å². The van der Waals surface area contributed by atoms with Crippen molar-refractivity contribution in [3.05, 3.63) is 34.9 Å². The van der Waals surface area contributed by atoms with E-state index < -0.39 is 0 Å². The van der Waals surface area contributed by atoms with Crippen LogP contribution in [0, 0.1) is 0 Å². The van der Waals surface area contributed by atoms with E-state index >= 15 is 0 Å². The molecule has 1 aromatic carbocycles. The molecule has 1 rings (SSSR count). The van der Waals surface area contributed by atoms with Gasteiger partial charge in [0.15, 0.2) is 0 Å². The van der Waals surface area contributed by atoms with Gasteiger partial charge in [0.05, 0.1) is 6.04 Å². The van der Waals surface area contributed by atoms with Gasteiger partial charge >= 0.3 is 0 Å². The van der Waals surface area contributed by atoms with Gasteiger partial charge in [-0.2, -0.15) is 0 Å². The summed E-state index contributed by atoms with van der Waals surface area (Å²) in [6, 6.07) is 7.39. The van der Waals surface area contributed by atoms with Crippen molar-refractivity contribution >= 4 is 17.5 Å². The molecule has 1 amide bonds. The highest BCUT2D eigenvalue weighted by Crippen LogP contribution is 2.15. The van der Waals surface area contributed by atoms with Gasteiger partial charge in [-0.3, -0.25) is 4.79 Å². The maximum absolute atomic E-state index is 11.5. The molecule has 4 heteroatoms. The molecule has 0 aliphatic heterocycles. The predicted octanol–water partition coefficient (Wildman–Crippen LogP) is 2.94. The van der Waals surface area contributed by atoms with Gasteiger partial charge in [0, 0.05) is 11.6 Å². The number of halogens is 1. The molecule has 1 atom stereocenters. The Labute approximate surface area is 107 Å². The van der Waals surface area contributed by atoms with Crippen LogP contribution in [0.2, 0.25) is 5.02 Å². The molecule has 0 saturated carbocycles. The first-order chi connectivity index (χ1) is 8.13. The standard InChI is InChI=1S/C13H18ClNO2/c1-3-8-17-9-13(16)15-10(2)11-4-6-12(14)7-5-11/h4-7,10H,3,8-9H2,1-2H3,(H,15,16)/t10-/m1/s1. The van der Waals surface area contributed by atoms with E-state index in [0.717, 1.165) is 12.0 Å². The summed E-state index contributed by atoms with van der Waals surface area (Å²) in [7, 11) is 0. The van der Waals surface area contributed by atoms with Gasteiger partial charge < -0.3 is 10.1 Å². The van der Waals surface area contributed by atoms with E-state index in [1.165, 1.54) is 0 Å². The monoisotopic (exact) mass is 255 g/mol. The quantitative estimate of drug-likeness (QED) is 0.794. The first-order valence-electron chi connectivity index (χ1n) is 5.76. The van der Waals surface area contributed by atoms with Crippen LogP contribution in [0.5, 0.6) is 0 Å². The molecule has 1 aromatic rings. The third kappa shape index (κ3) is 5.20. The van der Waals surface area contributed by atoms with Crippen LogP contribution in [0.25, 0.3) is 0 Å². The van der Waals surface area contributed by atoms with E-state index in [4.69, 9.17) is 16.3 Å². The van der Waals surface area contributed by atoms with Gasteiger partial charge in [-0.15, -0.1) is 0 Å². The minimum Gasteiger partial charge on any atom is -0.372 e. The lowest BCUT2D eigenvalue weighted by molar-refractivity contribution is -0.126. The number of amides is 1. The second-order valence-corrected chi connectivity index (χ2v) is 4.33. The van der Waals surface area contributed by atoms with Gasteiger partial charge in [0.25, 0.3) is 0 Å². The number of nitrogens with one attached hydrogen (secondary N) is 1. The smallest absolute Gasteiger partial charge is 0.246 e. The molecular weight excluding hydrogens is 238 g/mol. The minimum atomic E-state index is -0.0964. The van der Waals surface area contributed by atoms with Gasteiger partial charge in [-0.05, 0) is 31.0 Å². The maximum atomic E-state index is 11.5. The lowest BCUT2D eigenvalue weighted by Crippen LogP contribution is -2.30. The number of ether oxygens (including phenoxy) is 1. The van der Waals surface area contributed by atoms with E-state index in [1.807, 2.05) is 38.1 Å². The summed E-state index contributed by atoms with van der Waals surface area (Å²) in [6.45, 7) is 4.67. The van der Waals surface area contributed by atoms with Crippen LogP contribution in [-0.2, 0) is 9.53 Å². The first kappa shape index (κ1) is 14.0. The van der Waals surface area contributed by atoms with Crippen LogP contribution in [-0.4, -0.2) is 19.1 Å².